The summed E-state index contributed by atoms with van der Waals surface area (Å²) in [7, 11) is 1.24. The fraction of sp³-hybridized carbons (Fsp3) is 0.176. The van der Waals surface area contributed by atoms with Crippen LogP contribution in [0.25, 0.3) is 0 Å². The summed E-state index contributed by atoms with van der Waals surface area (Å²) < 4.78 is 36.5. The van der Waals surface area contributed by atoms with Crippen molar-refractivity contribution < 1.29 is 27.8 Å². The molecule has 0 fully saturated rings. The molecule has 2 aromatic carbocycles. The Balaban J connectivity index is 2.32. The average Bonchev–Trinajstić information content (AvgIpc) is 2.55. The number of aryl methyl sites for hydroxylation is 1. The molecule has 0 heterocycles. The van der Waals surface area contributed by atoms with Gasteiger partial charge in [-0.15, -0.1) is 0 Å². The van der Waals surface area contributed by atoms with Gasteiger partial charge < -0.3 is 14.3 Å². The van der Waals surface area contributed by atoms with Crippen LogP contribution in [0.3, 0.4) is 0 Å². The van der Waals surface area contributed by atoms with Gasteiger partial charge in [-0.3, -0.25) is 0 Å². The molecule has 0 spiro atoms. The smallest absolute Gasteiger partial charge is 0.338 e. The van der Waals surface area contributed by atoms with E-state index in [0.717, 1.165) is 18.4 Å². The lowest BCUT2D eigenvalue weighted by Crippen LogP contribution is -2.06. The molecule has 6 heteroatoms. The second-order valence-corrected chi connectivity index (χ2v) is 4.69. The van der Waals surface area contributed by atoms with E-state index < -0.39 is 17.6 Å². The van der Waals surface area contributed by atoms with Gasteiger partial charge in [0.1, 0.15) is 17.9 Å². The van der Waals surface area contributed by atoms with E-state index in [1.54, 1.807) is 6.07 Å². The summed E-state index contributed by atoms with van der Waals surface area (Å²) in [5.74, 6) is -2.12. The van der Waals surface area contributed by atoms with E-state index >= 15 is 0 Å². The van der Waals surface area contributed by atoms with E-state index in [1.807, 2.05) is 0 Å². The molecule has 4 nitrogen and oxygen atoms in total. The predicted molar refractivity (Wildman–Crippen MR) is 78.6 cm³/mol. The van der Waals surface area contributed by atoms with E-state index in [0.29, 0.717) is 18.1 Å². The zero-order chi connectivity index (χ0) is 16.8. The first-order valence-corrected chi connectivity index (χ1v) is 6.83. The highest BCUT2D eigenvalue weighted by molar-refractivity contribution is 5.91. The van der Waals surface area contributed by atoms with Crippen molar-refractivity contribution in [1.29, 1.82) is 0 Å². The van der Waals surface area contributed by atoms with E-state index in [4.69, 9.17) is 9.47 Å². The van der Waals surface area contributed by atoms with Crippen molar-refractivity contribution in [3.8, 4) is 11.5 Å². The van der Waals surface area contributed by atoms with Crippen molar-refractivity contribution in [2.24, 2.45) is 0 Å². The molecule has 0 aliphatic rings. The van der Waals surface area contributed by atoms with Crippen molar-refractivity contribution >= 4 is 12.3 Å². The largest absolute Gasteiger partial charge is 0.465 e. The number of carbonyl (C=O) groups is 2. The van der Waals surface area contributed by atoms with Gasteiger partial charge in [-0.05, 0) is 36.2 Å². The van der Waals surface area contributed by atoms with Crippen molar-refractivity contribution in [2.75, 3.05) is 7.11 Å². The van der Waals surface area contributed by atoms with Crippen molar-refractivity contribution in [1.82, 2.24) is 0 Å². The first-order valence-electron chi connectivity index (χ1n) is 6.83. The van der Waals surface area contributed by atoms with Gasteiger partial charge in [0.25, 0.3) is 0 Å². The van der Waals surface area contributed by atoms with Gasteiger partial charge in [0.2, 0.25) is 0 Å². The van der Waals surface area contributed by atoms with Gasteiger partial charge in [-0.25, -0.2) is 13.6 Å². The monoisotopic (exact) mass is 320 g/mol. The Hall–Kier alpha value is -2.76. The van der Waals surface area contributed by atoms with Gasteiger partial charge in [-0.1, -0.05) is 6.07 Å². The van der Waals surface area contributed by atoms with Crippen molar-refractivity contribution in [3.05, 3.63) is 59.2 Å². The number of benzene rings is 2. The molecule has 2 rings (SSSR count). The Kier molecular flexibility index (Phi) is 5.41. The molecule has 0 aliphatic carbocycles. The summed E-state index contributed by atoms with van der Waals surface area (Å²) in [5, 5.41) is 0. The summed E-state index contributed by atoms with van der Waals surface area (Å²) in [5.41, 5.74) is 0.852. The van der Waals surface area contributed by atoms with Gasteiger partial charge in [0.15, 0.2) is 11.6 Å². The Morgan fingerprint density at radius 1 is 1.17 bits per heavy atom. The number of halogens is 2. The lowest BCUT2D eigenvalue weighted by atomic mass is 10.0. The second-order valence-electron chi connectivity index (χ2n) is 4.69. The minimum absolute atomic E-state index is 0.164. The minimum atomic E-state index is -0.852. The maximum absolute atomic E-state index is 13.6. The van der Waals surface area contributed by atoms with Gasteiger partial charge in [0.05, 0.1) is 12.7 Å². The van der Waals surface area contributed by atoms with Gasteiger partial charge in [0, 0.05) is 12.5 Å². The Morgan fingerprint density at radius 3 is 2.61 bits per heavy atom. The van der Waals surface area contributed by atoms with Gasteiger partial charge >= 0.3 is 5.97 Å². The fourth-order valence-electron chi connectivity index (χ4n) is 2.04. The van der Waals surface area contributed by atoms with Crippen LogP contribution < -0.4 is 4.74 Å². The van der Waals surface area contributed by atoms with Crippen LogP contribution in [0.2, 0.25) is 0 Å². The molecule has 120 valence electrons. The predicted octanol–water partition coefficient (Wildman–Crippen LogP) is 3.68. The van der Waals surface area contributed by atoms with Crippen LogP contribution in [0.1, 0.15) is 22.3 Å². The molecule has 0 radical (unpaired) electrons. The summed E-state index contributed by atoms with van der Waals surface area (Å²) in [6, 6.07) is 7.46. The lowest BCUT2D eigenvalue weighted by molar-refractivity contribution is -0.107. The minimum Gasteiger partial charge on any atom is -0.465 e. The SMILES string of the molecule is COC(=O)c1cc(Oc2ccc(F)cc2F)ccc1CCC=O. The number of hydrogen-bond donors (Lipinski definition) is 0. The molecule has 0 aliphatic heterocycles. The molecular formula is C17H14F2O4. The van der Waals surface area contributed by atoms with E-state index in [1.165, 1.54) is 19.2 Å². The summed E-state index contributed by atoms with van der Waals surface area (Å²) in [6.07, 6.45) is 1.38. The molecule has 0 atom stereocenters. The van der Waals surface area contributed by atoms with Crippen LogP contribution in [0.5, 0.6) is 11.5 Å². The van der Waals surface area contributed by atoms with Crippen LogP contribution in [-0.2, 0) is 16.0 Å². The van der Waals surface area contributed by atoms with Crippen LogP contribution in [0.15, 0.2) is 36.4 Å². The van der Waals surface area contributed by atoms with Gasteiger partial charge in [-0.2, -0.15) is 0 Å². The average molecular weight is 320 g/mol. The van der Waals surface area contributed by atoms with E-state index in [2.05, 4.69) is 0 Å². The van der Waals surface area contributed by atoms with Crippen molar-refractivity contribution in [3.63, 3.8) is 0 Å². The third-order valence-electron chi connectivity index (χ3n) is 3.14. The molecular weight excluding hydrogens is 306 g/mol. The molecule has 0 saturated heterocycles. The number of carbonyl (C=O) groups excluding carboxylic acids is 2. The van der Waals surface area contributed by atoms with E-state index in [-0.39, 0.29) is 23.5 Å². The first-order chi connectivity index (χ1) is 11.0. The lowest BCUT2D eigenvalue weighted by Gasteiger charge is -2.11. The number of esters is 1. The number of methoxy groups -OCH3 is 1. The molecule has 0 amide bonds. The standard InChI is InChI=1S/C17H14F2O4/c1-22-17(21)14-10-13(6-4-11(14)3-2-8-20)23-16-7-5-12(18)9-15(16)19/h4-10H,2-3H2,1H3. The zero-order valence-corrected chi connectivity index (χ0v) is 12.3. The van der Waals surface area contributed by atoms with E-state index in [9.17, 15) is 18.4 Å². The Morgan fingerprint density at radius 2 is 1.96 bits per heavy atom. The maximum atomic E-state index is 13.6. The molecule has 23 heavy (non-hydrogen) atoms. The van der Waals surface area contributed by atoms with Crippen LogP contribution >= 0.6 is 0 Å². The molecule has 2 aromatic rings. The van der Waals surface area contributed by atoms with Crippen LogP contribution in [0.4, 0.5) is 8.78 Å². The Bertz CT molecular complexity index is 729. The third kappa shape index (κ3) is 4.12. The molecule has 0 unspecified atom stereocenters. The van der Waals surface area contributed by atoms with Crippen LogP contribution in [0, 0.1) is 11.6 Å². The number of rotatable bonds is 6. The molecule has 0 saturated carbocycles. The Labute approximate surface area is 131 Å². The topological polar surface area (TPSA) is 52.6 Å². The zero-order valence-electron chi connectivity index (χ0n) is 12.3. The third-order valence-corrected chi connectivity index (χ3v) is 3.14. The highest BCUT2D eigenvalue weighted by Crippen LogP contribution is 2.27. The maximum Gasteiger partial charge on any atom is 0.338 e. The molecule has 0 bridgehead atoms. The first kappa shape index (κ1) is 16.6. The number of hydrogen-bond acceptors (Lipinski definition) is 4. The summed E-state index contributed by atoms with van der Waals surface area (Å²) in [4.78, 5) is 22.3. The second kappa shape index (κ2) is 7.49. The number of aldehydes is 1. The highest BCUT2D eigenvalue weighted by Gasteiger charge is 2.14. The van der Waals surface area contributed by atoms with Crippen LogP contribution in [-0.4, -0.2) is 19.4 Å². The normalized spacial score (nSPS) is 10.2. The summed E-state index contributed by atoms with van der Waals surface area (Å²) in [6.45, 7) is 0. The quantitative estimate of drug-likeness (QED) is 0.602. The van der Waals surface area contributed by atoms with Crippen molar-refractivity contribution in [2.45, 2.75) is 12.8 Å². The number of ether oxygens (including phenoxy) is 2. The summed E-state index contributed by atoms with van der Waals surface area (Å²) >= 11 is 0. The molecule has 0 N–H and O–H groups in total. The highest BCUT2D eigenvalue weighted by atomic mass is 19.1. The molecule has 0 aromatic heterocycles. The fourth-order valence-corrected chi connectivity index (χ4v) is 2.04.